The van der Waals surface area contributed by atoms with Crippen LogP contribution in [0, 0.1) is 0 Å². The van der Waals surface area contributed by atoms with Gasteiger partial charge in [-0.2, -0.15) is 5.10 Å². The SMILES string of the molecule is Cn1cncc1[C@@H]1CN(C(=O)c2cc(Cc3ccccc3)[nH]n2)C[C@H]1N. The first kappa shape index (κ1) is 16.5. The smallest absolute Gasteiger partial charge is 0.274 e. The molecule has 1 amide bonds. The number of nitrogens with zero attached hydrogens (tertiary/aromatic N) is 4. The molecule has 3 aromatic rings. The van der Waals surface area contributed by atoms with E-state index in [1.807, 2.05) is 42.1 Å². The first-order valence-corrected chi connectivity index (χ1v) is 8.71. The predicted molar refractivity (Wildman–Crippen MR) is 97.7 cm³/mol. The van der Waals surface area contributed by atoms with Crippen LogP contribution in [0.2, 0.25) is 0 Å². The monoisotopic (exact) mass is 350 g/mol. The van der Waals surface area contributed by atoms with Crippen molar-refractivity contribution in [3.8, 4) is 0 Å². The van der Waals surface area contributed by atoms with E-state index in [1.165, 1.54) is 5.56 Å². The summed E-state index contributed by atoms with van der Waals surface area (Å²) >= 11 is 0. The van der Waals surface area contributed by atoms with Gasteiger partial charge in [0.05, 0.1) is 6.33 Å². The second-order valence-electron chi connectivity index (χ2n) is 6.85. The van der Waals surface area contributed by atoms with Crippen molar-refractivity contribution >= 4 is 5.91 Å². The van der Waals surface area contributed by atoms with Gasteiger partial charge in [0.25, 0.3) is 5.91 Å². The van der Waals surface area contributed by atoms with E-state index in [4.69, 9.17) is 5.73 Å². The zero-order valence-electron chi connectivity index (χ0n) is 14.7. The number of benzene rings is 1. The van der Waals surface area contributed by atoms with Gasteiger partial charge in [-0.3, -0.25) is 9.89 Å². The number of aromatic amines is 1. The highest BCUT2D eigenvalue weighted by Crippen LogP contribution is 2.27. The molecule has 1 aromatic carbocycles. The molecule has 0 bridgehead atoms. The molecule has 2 aromatic heterocycles. The van der Waals surface area contributed by atoms with Gasteiger partial charge in [0.15, 0.2) is 0 Å². The van der Waals surface area contributed by atoms with E-state index in [0.717, 1.165) is 17.8 Å². The Morgan fingerprint density at radius 2 is 2.12 bits per heavy atom. The van der Waals surface area contributed by atoms with Crippen LogP contribution in [0.5, 0.6) is 0 Å². The van der Waals surface area contributed by atoms with Crippen molar-refractivity contribution in [2.45, 2.75) is 18.4 Å². The Bertz CT molecular complexity index is 900. The first-order valence-electron chi connectivity index (χ1n) is 8.71. The highest BCUT2D eigenvalue weighted by atomic mass is 16.2. The zero-order chi connectivity index (χ0) is 18.1. The minimum absolute atomic E-state index is 0.0827. The summed E-state index contributed by atoms with van der Waals surface area (Å²) in [6.07, 6.45) is 4.30. The number of hydrogen-bond acceptors (Lipinski definition) is 4. The molecule has 134 valence electrons. The molecule has 26 heavy (non-hydrogen) atoms. The molecule has 2 atom stereocenters. The Morgan fingerprint density at radius 1 is 1.31 bits per heavy atom. The number of nitrogens with two attached hydrogens (primary N) is 1. The summed E-state index contributed by atoms with van der Waals surface area (Å²) in [5, 5.41) is 7.19. The highest BCUT2D eigenvalue weighted by molar-refractivity contribution is 5.92. The van der Waals surface area contributed by atoms with Crippen molar-refractivity contribution < 1.29 is 4.79 Å². The number of aryl methyl sites for hydroxylation is 1. The molecule has 7 heteroatoms. The molecule has 1 aliphatic rings. The van der Waals surface area contributed by atoms with Gasteiger partial charge < -0.3 is 15.2 Å². The standard InChI is InChI=1S/C19H22N6O/c1-24-12-21-9-18(24)15-10-25(11-16(15)20)19(26)17-8-14(22-23-17)7-13-5-3-2-4-6-13/h2-6,8-9,12,15-16H,7,10-11,20H2,1H3,(H,22,23)/t15-,16-/m1/s1. The number of rotatable bonds is 4. The van der Waals surface area contributed by atoms with Gasteiger partial charge >= 0.3 is 0 Å². The second kappa shape index (κ2) is 6.76. The van der Waals surface area contributed by atoms with Gasteiger partial charge in [-0.05, 0) is 11.6 Å². The van der Waals surface area contributed by atoms with Gasteiger partial charge in [0, 0.05) is 56.1 Å². The average molecular weight is 350 g/mol. The minimum atomic E-state index is -0.0999. The zero-order valence-corrected chi connectivity index (χ0v) is 14.7. The van der Waals surface area contributed by atoms with E-state index in [-0.39, 0.29) is 17.9 Å². The number of H-pyrrole nitrogens is 1. The summed E-state index contributed by atoms with van der Waals surface area (Å²) in [5.74, 6) is 0.00913. The third-order valence-corrected chi connectivity index (χ3v) is 4.97. The average Bonchev–Trinajstić information content (AvgIpc) is 3.35. The van der Waals surface area contributed by atoms with E-state index >= 15 is 0 Å². The molecule has 3 heterocycles. The molecular weight excluding hydrogens is 328 g/mol. The molecule has 0 spiro atoms. The molecule has 1 aliphatic heterocycles. The normalized spacial score (nSPS) is 19.8. The number of imidazole rings is 1. The van der Waals surface area contributed by atoms with Crippen LogP contribution in [0.3, 0.4) is 0 Å². The Balaban J connectivity index is 1.46. The molecule has 0 unspecified atom stereocenters. The van der Waals surface area contributed by atoms with Gasteiger partial charge in [-0.1, -0.05) is 30.3 Å². The van der Waals surface area contributed by atoms with Crippen LogP contribution in [0.25, 0.3) is 0 Å². The lowest BCUT2D eigenvalue weighted by molar-refractivity contribution is 0.0783. The summed E-state index contributed by atoms with van der Waals surface area (Å²) in [4.78, 5) is 18.8. The van der Waals surface area contributed by atoms with Gasteiger partial charge in [0.2, 0.25) is 0 Å². The molecule has 1 saturated heterocycles. The number of likely N-dealkylation sites (tertiary alicyclic amines) is 1. The Kier molecular flexibility index (Phi) is 4.30. The maximum atomic E-state index is 12.8. The third-order valence-electron chi connectivity index (χ3n) is 4.97. The second-order valence-corrected chi connectivity index (χ2v) is 6.85. The molecule has 4 rings (SSSR count). The number of carbonyl (C=O) groups excluding carboxylic acids is 1. The van der Waals surface area contributed by atoms with E-state index in [9.17, 15) is 4.79 Å². The minimum Gasteiger partial charge on any atom is -0.337 e. The van der Waals surface area contributed by atoms with Crippen LogP contribution >= 0.6 is 0 Å². The summed E-state index contributed by atoms with van der Waals surface area (Å²) in [6.45, 7) is 1.11. The lowest BCUT2D eigenvalue weighted by atomic mass is 10.0. The highest BCUT2D eigenvalue weighted by Gasteiger charge is 2.36. The van der Waals surface area contributed by atoms with Crippen molar-refractivity contribution in [1.29, 1.82) is 0 Å². The van der Waals surface area contributed by atoms with E-state index < -0.39 is 0 Å². The van der Waals surface area contributed by atoms with Crippen molar-refractivity contribution in [3.05, 3.63) is 71.6 Å². The van der Waals surface area contributed by atoms with Crippen LogP contribution in [-0.2, 0) is 13.5 Å². The number of amides is 1. The largest absolute Gasteiger partial charge is 0.337 e. The quantitative estimate of drug-likeness (QED) is 0.742. The van der Waals surface area contributed by atoms with E-state index in [1.54, 1.807) is 11.2 Å². The van der Waals surface area contributed by atoms with Gasteiger partial charge in [0.1, 0.15) is 5.69 Å². The number of aromatic nitrogens is 4. The molecule has 0 radical (unpaired) electrons. The molecule has 0 aliphatic carbocycles. The fraction of sp³-hybridized carbons (Fsp3) is 0.316. The number of carbonyl (C=O) groups is 1. The van der Waals surface area contributed by atoms with E-state index in [0.29, 0.717) is 18.8 Å². The summed E-state index contributed by atoms with van der Waals surface area (Å²) in [5.41, 5.74) is 9.88. The Hall–Kier alpha value is -2.93. The summed E-state index contributed by atoms with van der Waals surface area (Å²) in [7, 11) is 1.95. The topological polar surface area (TPSA) is 92.8 Å². The van der Waals surface area contributed by atoms with Crippen LogP contribution in [-0.4, -0.2) is 49.7 Å². The van der Waals surface area contributed by atoms with Crippen LogP contribution < -0.4 is 5.73 Å². The fourth-order valence-corrected chi connectivity index (χ4v) is 3.57. The lowest BCUT2D eigenvalue weighted by Gasteiger charge is -2.15. The van der Waals surface area contributed by atoms with E-state index in [2.05, 4.69) is 27.3 Å². The molecule has 1 fully saturated rings. The molecule has 0 saturated carbocycles. The van der Waals surface area contributed by atoms with Gasteiger partial charge in [-0.15, -0.1) is 0 Å². The van der Waals surface area contributed by atoms with Crippen LogP contribution in [0.1, 0.15) is 33.4 Å². The van der Waals surface area contributed by atoms with Crippen LogP contribution in [0.15, 0.2) is 48.9 Å². The molecule has 7 nitrogen and oxygen atoms in total. The van der Waals surface area contributed by atoms with Crippen molar-refractivity contribution in [2.24, 2.45) is 12.8 Å². The van der Waals surface area contributed by atoms with Crippen molar-refractivity contribution in [2.75, 3.05) is 13.1 Å². The lowest BCUT2D eigenvalue weighted by Crippen LogP contribution is -2.32. The number of nitrogens with one attached hydrogen (secondary N) is 1. The van der Waals surface area contributed by atoms with Crippen LogP contribution in [0.4, 0.5) is 0 Å². The fourth-order valence-electron chi connectivity index (χ4n) is 3.57. The van der Waals surface area contributed by atoms with Crippen molar-refractivity contribution in [1.82, 2.24) is 24.6 Å². The Morgan fingerprint density at radius 3 is 2.85 bits per heavy atom. The molecule has 3 N–H and O–H groups in total. The molecular formula is C19H22N6O. The first-order chi connectivity index (χ1) is 12.6. The number of hydrogen-bond donors (Lipinski definition) is 2. The predicted octanol–water partition coefficient (Wildman–Crippen LogP) is 1.30. The summed E-state index contributed by atoms with van der Waals surface area (Å²) < 4.78 is 1.96. The van der Waals surface area contributed by atoms with Gasteiger partial charge in [-0.25, -0.2) is 4.98 Å². The summed E-state index contributed by atoms with van der Waals surface area (Å²) in [6, 6.07) is 11.8. The maximum Gasteiger partial charge on any atom is 0.274 e. The Labute approximate surface area is 151 Å². The third kappa shape index (κ3) is 3.13. The maximum absolute atomic E-state index is 12.8. The van der Waals surface area contributed by atoms with Crippen molar-refractivity contribution in [3.63, 3.8) is 0 Å².